The molecule has 4 aromatic rings. The van der Waals surface area contributed by atoms with E-state index in [0.717, 1.165) is 17.0 Å². The normalized spacial score (nSPS) is 10.9. The number of hydrogen-bond acceptors (Lipinski definition) is 5. The van der Waals surface area contributed by atoms with Crippen LogP contribution in [0.4, 0.5) is 10.1 Å². The molecular weight excluding hydrogens is 461 g/mol. The van der Waals surface area contributed by atoms with Crippen molar-refractivity contribution in [3.8, 4) is 11.5 Å². The number of anilines is 1. The molecule has 1 amide bonds. The van der Waals surface area contributed by atoms with Crippen LogP contribution in [0, 0.1) is 19.7 Å². The lowest BCUT2D eigenvalue weighted by Gasteiger charge is -2.08. The van der Waals surface area contributed by atoms with Crippen molar-refractivity contribution in [2.75, 3.05) is 12.4 Å². The third kappa shape index (κ3) is 5.23. The number of rotatable bonds is 8. The van der Waals surface area contributed by atoms with Gasteiger partial charge in [-0.05, 0) is 67.9 Å². The molecule has 0 unspecified atom stereocenters. The Morgan fingerprint density at radius 3 is 2.56 bits per heavy atom. The minimum Gasteiger partial charge on any atom is -0.497 e. The molecule has 0 aliphatic rings. The van der Waals surface area contributed by atoms with E-state index in [1.807, 2.05) is 6.92 Å². The summed E-state index contributed by atoms with van der Waals surface area (Å²) in [6.45, 7) is 4.15. The van der Waals surface area contributed by atoms with Crippen LogP contribution in [0.3, 0.4) is 0 Å². The molecule has 4 rings (SSSR count). The summed E-state index contributed by atoms with van der Waals surface area (Å²) in [5.74, 6) is 1.25. The van der Waals surface area contributed by atoms with E-state index in [0.29, 0.717) is 34.5 Å². The van der Waals surface area contributed by atoms with Crippen molar-refractivity contribution in [1.82, 2.24) is 9.78 Å². The topological polar surface area (TPSA) is 78.5 Å². The number of aryl methyl sites for hydroxylation is 1. The molecule has 0 aliphatic carbocycles. The second kappa shape index (κ2) is 10.0. The number of aromatic nitrogens is 2. The summed E-state index contributed by atoms with van der Waals surface area (Å²) < 4.78 is 31.5. The number of nitrogens with zero attached hydrogens (tertiary/aromatic N) is 2. The fraction of sp³-hybridized carbons (Fsp3) is 0.200. The van der Waals surface area contributed by atoms with Crippen LogP contribution in [-0.4, -0.2) is 22.8 Å². The van der Waals surface area contributed by atoms with Crippen LogP contribution in [0.2, 0.25) is 5.02 Å². The first-order valence-corrected chi connectivity index (χ1v) is 10.9. The summed E-state index contributed by atoms with van der Waals surface area (Å²) >= 11 is 6.14. The average molecular weight is 484 g/mol. The van der Waals surface area contributed by atoms with Crippen molar-refractivity contribution in [1.29, 1.82) is 0 Å². The van der Waals surface area contributed by atoms with Gasteiger partial charge in [0.1, 0.15) is 29.7 Å². The Bertz CT molecular complexity index is 1310. The maximum atomic E-state index is 13.3. The number of furan rings is 1. The van der Waals surface area contributed by atoms with Gasteiger partial charge in [-0.25, -0.2) is 4.39 Å². The van der Waals surface area contributed by atoms with Crippen molar-refractivity contribution >= 4 is 23.2 Å². The minimum absolute atomic E-state index is 0.154. The number of amides is 1. The fourth-order valence-corrected chi connectivity index (χ4v) is 3.65. The van der Waals surface area contributed by atoms with E-state index in [-0.39, 0.29) is 12.4 Å². The maximum absolute atomic E-state index is 13.3. The third-order valence-corrected chi connectivity index (χ3v) is 5.63. The van der Waals surface area contributed by atoms with Gasteiger partial charge < -0.3 is 19.2 Å². The lowest BCUT2D eigenvalue weighted by Crippen LogP contribution is -2.12. The largest absolute Gasteiger partial charge is 0.497 e. The van der Waals surface area contributed by atoms with Gasteiger partial charge in [0.05, 0.1) is 30.7 Å². The van der Waals surface area contributed by atoms with E-state index in [1.165, 1.54) is 12.1 Å². The molecule has 2 aromatic carbocycles. The summed E-state index contributed by atoms with van der Waals surface area (Å²) in [6.07, 6.45) is 0. The summed E-state index contributed by atoms with van der Waals surface area (Å²) in [5, 5.41) is 7.66. The zero-order valence-corrected chi connectivity index (χ0v) is 19.6. The number of carbonyl (C=O) groups is 1. The highest BCUT2D eigenvalue weighted by molar-refractivity contribution is 6.31. The monoisotopic (exact) mass is 483 g/mol. The SMILES string of the molecule is COc1ccc(OCc2ccc(C(=O)Nc3c(C)nn(Cc4ccc(F)cc4Cl)c3C)o2)cc1. The molecule has 2 aromatic heterocycles. The molecule has 2 heterocycles. The molecule has 34 heavy (non-hydrogen) atoms. The van der Waals surface area contributed by atoms with Gasteiger partial charge in [0, 0.05) is 5.02 Å². The number of hydrogen-bond donors (Lipinski definition) is 1. The van der Waals surface area contributed by atoms with E-state index in [4.69, 9.17) is 25.5 Å². The second-order valence-electron chi connectivity index (χ2n) is 7.62. The van der Waals surface area contributed by atoms with Gasteiger partial charge in [-0.2, -0.15) is 5.10 Å². The first-order chi connectivity index (χ1) is 16.3. The third-order valence-electron chi connectivity index (χ3n) is 5.28. The highest BCUT2D eigenvalue weighted by atomic mass is 35.5. The minimum atomic E-state index is -0.402. The van der Waals surface area contributed by atoms with Crippen molar-refractivity contribution in [3.63, 3.8) is 0 Å². The zero-order chi connectivity index (χ0) is 24.2. The average Bonchev–Trinajstić information content (AvgIpc) is 3.40. The van der Waals surface area contributed by atoms with Crippen LogP contribution in [0.1, 0.15) is 33.3 Å². The first kappa shape index (κ1) is 23.4. The summed E-state index contributed by atoms with van der Waals surface area (Å²) in [7, 11) is 1.60. The number of carbonyl (C=O) groups excluding carboxylic acids is 1. The van der Waals surface area contributed by atoms with Gasteiger partial charge in [0.25, 0.3) is 5.91 Å². The Morgan fingerprint density at radius 2 is 1.85 bits per heavy atom. The van der Waals surface area contributed by atoms with Gasteiger partial charge in [0.2, 0.25) is 0 Å². The quantitative estimate of drug-likeness (QED) is 0.344. The molecule has 9 heteroatoms. The van der Waals surface area contributed by atoms with Gasteiger partial charge in [-0.1, -0.05) is 17.7 Å². The standard InChI is InChI=1S/C25H23ClFN3O4/c1-15-24(16(2)30(29-15)13-17-4-5-18(27)12-22(17)26)28-25(31)23-11-10-21(34-23)14-33-20-8-6-19(32-3)7-9-20/h4-12H,13-14H2,1-3H3,(H,28,31). The molecular formula is C25H23ClFN3O4. The molecule has 0 fully saturated rings. The van der Waals surface area contributed by atoms with Crippen molar-refractivity contribution in [2.24, 2.45) is 0 Å². The molecule has 7 nitrogen and oxygen atoms in total. The number of halogens is 2. The van der Waals surface area contributed by atoms with Gasteiger partial charge in [-0.15, -0.1) is 0 Å². The second-order valence-corrected chi connectivity index (χ2v) is 8.03. The van der Waals surface area contributed by atoms with Crippen molar-refractivity contribution < 1.29 is 23.1 Å². The van der Waals surface area contributed by atoms with Gasteiger partial charge >= 0.3 is 0 Å². The maximum Gasteiger partial charge on any atom is 0.291 e. The number of methoxy groups -OCH3 is 1. The molecule has 176 valence electrons. The van der Waals surface area contributed by atoms with Crippen molar-refractivity contribution in [3.05, 3.63) is 93.9 Å². The van der Waals surface area contributed by atoms with Crippen LogP contribution in [0.25, 0.3) is 0 Å². The van der Waals surface area contributed by atoms with E-state index in [1.54, 1.807) is 61.2 Å². The Kier molecular flexibility index (Phi) is 6.88. The molecule has 0 saturated heterocycles. The van der Waals surface area contributed by atoms with Crippen LogP contribution in [0.5, 0.6) is 11.5 Å². The molecule has 0 bridgehead atoms. The zero-order valence-electron chi connectivity index (χ0n) is 18.9. The molecule has 0 radical (unpaired) electrons. The van der Waals surface area contributed by atoms with Crippen LogP contribution < -0.4 is 14.8 Å². The molecule has 0 spiro atoms. The van der Waals surface area contributed by atoms with E-state index < -0.39 is 11.7 Å². The van der Waals surface area contributed by atoms with Crippen molar-refractivity contribution in [2.45, 2.75) is 27.0 Å². The Labute approximate surface area is 201 Å². The summed E-state index contributed by atoms with van der Waals surface area (Å²) in [6, 6.07) is 14.7. The number of nitrogens with one attached hydrogen (secondary N) is 1. The molecule has 0 saturated carbocycles. The predicted octanol–water partition coefficient (Wildman–Crippen LogP) is 5.77. The summed E-state index contributed by atoms with van der Waals surface area (Å²) in [4.78, 5) is 12.8. The smallest absolute Gasteiger partial charge is 0.291 e. The summed E-state index contributed by atoms with van der Waals surface area (Å²) in [5.41, 5.74) is 2.68. The fourth-order valence-electron chi connectivity index (χ4n) is 3.42. The predicted molar refractivity (Wildman–Crippen MR) is 126 cm³/mol. The highest BCUT2D eigenvalue weighted by Crippen LogP contribution is 2.25. The van der Waals surface area contributed by atoms with Crippen LogP contribution in [0.15, 0.2) is 59.0 Å². The Morgan fingerprint density at radius 1 is 1.12 bits per heavy atom. The van der Waals surface area contributed by atoms with E-state index in [9.17, 15) is 9.18 Å². The lowest BCUT2D eigenvalue weighted by molar-refractivity contribution is 0.0992. The number of ether oxygens (including phenoxy) is 2. The number of benzene rings is 2. The Hall–Kier alpha value is -3.78. The molecule has 0 aliphatic heterocycles. The first-order valence-electron chi connectivity index (χ1n) is 10.5. The van der Waals surface area contributed by atoms with Crippen LogP contribution >= 0.6 is 11.6 Å². The van der Waals surface area contributed by atoms with E-state index >= 15 is 0 Å². The molecule has 1 N–H and O–H groups in total. The Balaban J connectivity index is 1.41. The highest BCUT2D eigenvalue weighted by Gasteiger charge is 2.18. The van der Waals surface area contributed by atoms with E-state index in [2.05, 4.69) is 10.4 Å². The van der Waals surface area contributed by atoms with Crippen LogP contribution in [-0.2, 0) is 13.2 Å². The van der Waals surface area contributed by atoms with Gasteiger partial charge in [0.15, 0.2) is 5.76 Å². The lowest BCUT2D eigenvalue weighted by atomic mass is 10.2. The van der Waals surface area contributed by atoms with Gasteiger partial charge in [-0.3, -0.25) is 9.48 Å². The molecule has 0 atom stereocenters.